The molecule has 3 rings (SSSR count). The van der Waals surface area contributed by atoms with Gasteiger partial charge in [-0.15, -0.1) is 6.42 Å². The Morgan fingerprint density at radius 2 is 2.04 bits per heavy atom. The molecule has 0 saturated carbocycles. The molecule has 0 fully saturated rings. The summed E-state index contributed by atoms with van der Waals surface area (Å²) in [5.74, 6) is 1.88. The summed E-state index contributed by atoms with van der Waals surface area (Å²) in [6.07, 6.45) is 5.42. The van der Waals surface area contributed by atoms with Crippen molar-refractivity contribution < 1.29 is 9.18 Å². The third-order valence-electron chi connectivity index (χ3n) is 3.85. The number of halogens is 1. The van der Waals surface area contributed by atoms with Crippen LogP contribution in [0.1, 0.15) is 21.5 Å². The van der Waals surface area contributed by atoms with Gasteiger partial charge in [0.05, 0.1) is 16.8 Å². The fourth-order valence-electron chi connectivity index (χ4n) is 2.40. The number of fused-ring (bicyclic) bond motifs is 1. The molecule has 0 N–H and O–H groups in total. The highest BCUT2D eigenvalue weighted by Crippen LogP contribution is 2.19. The topological polar surface area (TPSA) is 34.4 Å². The summed E-state index contributed by atoms with van der Waals surface area (Å²) in [6.45, 7) is 4.21. The Hall–Kier alpha value is -2.71. The van der Waals surface area contributed by atoms with E-state index in [4.69, 9.17) is 6.42 Å². The number of rotatable bonds is 2. The average molecular weight is 338 g/mol. The molecule has 3 aromatic rings. The number of benzene rings is 2. The second-order valence-corrected chi connectivity index (χ2v) is 6.51. The zero-order chi connectivity index (χ0) is 17.3. The maximum absolute atomic E-state index is 13.4. The zero-order valence-corrected chi connectivity index (χ0v) is 14.2. The van der Waals surface area contributed by atoms with Gasteiger partial charge in [-0.3, -0.25) is 4.79 Å². The summed E-state index contributed by atoms with van der Waals surface area (Å²) in [4.78, 5) is 17.2. The van der Waals surface area contributed by atoms with Crippen LogP contribution in [0, 0.1) is 32.0 Å². The quantitative estimate of drug-likeness (QED) is 0.654. The van der Waals surface area contributed by atoms with Crippen LogP contribution in [0.4, 0.5) is 4.39 Å². The molecule has 120 valence electrons. The van der Waals surface area contributed by atoms with Crippen LogP contribution in [0.15, 0.2) is 41.4 Å². The van der Waals surface area contributed by atoms with Crippen LogP contribution in [-0.4, -0.2) is 10.5 Å². The van der Waals surface area contributed by atoms with E-state index in [1.165, 1.54) is 23.5 Å². The molecule has 0 aliphatic carbocycles. The lowest BCUT2D eigenvalue weighted by molar-refractivity contribution is 0.0998. The summed E-state index contributed by atoms with van der Waals surface area (Å²) in [7, 11) is 0. The Balaban J connectivity index is 2.15. The number of aryl methyl sites for hydroxylation is 2. The van der Waals surface area contributed by atoms with Crippen LogP contribution >= 0.6 is 11.3 Å². The van der Waals surface area contributed by atoms with Crippen LogP contribution < -0.4 is 4.80 Å². The number of carbonyl (C=O) groups is 1. The van der Waals surface area contributed by atoms with E-state index >= 15 is 0 Å². The third kappa shape index (κ3) is 3.01. The van der Waals surface area contributed by atoms with Gasteiger partial charge in [0, 0.05) is 5.56 Å². The number of amides is 1. The Labute approximate surface area is 143 Å². The Kier molecular flexibility index (Phi) is 4.32. The SMILES string of the molecule is C#CCn1c(=NC(=O)c2ccc(C)c(C)c2)sc2cc(F)ccc21. The average Bonchev–Trinajstić information content (AvgIpc) is 2.87. The molecule has 1 amide bonds. The minimum Gasteiger partial charge on any atom is -0.305 e. The van der Waals surface area contributed by atoms with E-state index in [2.05, 4.69) is 10.9 Å². The summed E-state index contributed by atoms with van der Waals surface area (Å²) in [6, 6.07) is 9.92. The minimum absolute atomic E-state index is 0.269. The normalized spacial score (nSPS) is 11.7. The van der Waals surface area contributed by atoms with E-state index in [0.29, 0.717) is 15.1 Å². The summed E-state index contributed by atoms with van der Waals surface area (Å²) in [5, 5.41) is 0. The number of terminal acetylenes is 1. The first kappa shape index (κ1) is 16.2. The van der Waals surface area contributed by atoms with Crippen LogP contribution in [-0.2, 0) is 6.54 Å². The van der Waals surface area contributed by atoms with Crippen molar-refractivity contribution in [1.29, 1.82) is 0 Å². The number of nitrogens with zero attached hydrogens (tertiary/aromatic N) is 2. The van der Waals surface area contributed by atoms with E-state index < -0.39 is 0 Å². The lowest BCUT2D eigenvalue weighted by Crippen LogP contribution is -2.16. The molecule has 0 aliphatic rings. The molecule has 0 unspecified atom stereocenters. The molecule has 1 aromatic heterocycles. The summed E-state index contributed by atoms with van der Waals surface area (Å²) in [5.41, 5.74) is 3.44. The lowest BCUT2D eigenvalue weighted by atomic mass is 10.1. The zero-order valence-electron chi connectivity index (χ0n) is 13.3. The molecule has 5 heteroatoms. The van der Waals surface area contributed by atoms with Gasteiger partial charge in [0.1, 0.15) is 5.82 Å². The van der Waals surface area contributed by atoms with Gasteiger partial charge in [0.25, 0.3) is 5.91 Å². The monoisotopic (exact) mass is 338 g/mol. The van der Waals surface area contributed by atoms with Crippen molar-refractivity contribution in [2.45, 2.75) is 20.4 Å². The first-order chi connectivity index (χ1) is 11.5. The van der Waals surface area contributed by atoms with E-state index in [1.54, 1.807) is 16.7 Å². The predicted octanol–water partition coefficient (Wildman–Crippen LogP) is 3.83. The van der Waals surface area contributed by atoms with Crippen molar-refractivity contribution in [3.05, 3.63) is 63.7 Å². The van der Waals surface area contributed by atoms with Crippen molar-refractivity contribution in [2.24, 2.45) is 4.99 Å². The van der Waals surface area contributed by atoms with Gasteiger partial charge >= 0.3 is 0 Å². The van der Waals surface area contributed by atoms with Crippen molar-refractivity contribution in [1.82, 2.24) is 4.57 Å². The van der Waals surface area contributed by atoms with Crippen LogP contribution in [0.25, 0.3) is 10.2 Å². The van der Waals surface area contributed by atoms with E-state index in [-0.39, 0.29) is 18.3 Å². The molecular weight excluding hydrogens is 323 g/mol. The highest BCUT2D eigenvalue weighted by Gasteiger charge is 2.10. The number of aromatic nitrogens is 1. The van der Waals surface area contributed by atoms with Crippen molar-refractivity contribution in [2.75, 3.05) is 0 Å². The number of hydrogen-bond donors (Lipinski definition) is 0. The van der Waals surface area contributed by atoms with E-state index in [1.807, 2.05) is 26.0 Å². The second-order valence-electron chi connectivity index (χ2n) is 5.50. The second kappa shape index (κ2) is 6.42. The molecule has 0 spiro atoms. The molecule has 0 radical (unpaired) electrons. The van der Waals surface area contributed by atoms with Gasteiger partial charge < -0.3 is 4.57 Å². The number of thiazole rings is 1. The third-order valence-corrected chi connectivity index (χ3v) is 4.89. The van der Waals surface area contributed by atoms with Crippen molar-refractivity contribution in [3.63, 3.8) is 0 Å². The van der Waals surface area contributed by atoms with Gasteiger partial charge in [-0.25, -0.2) is 4.39 Å². The van der Waals surface area contributed by atoms with Gasteiger partial charge in [-0.1, -0.05) is 23.3 Å². The van der Waals surface area contributed by atoms with Crippen LogP contribution in [0.3, 0.4) is 0 Å². The maximum atomic E-state index is 13.4. The fourth-order valence-corrected chi connectivity index (χ4v) is 3.45. The largest absolute Gasteiger partial charge is 0.305 e. The number of hydrogen-bond acceptors (Lipinski definition) is 2. The summed E-state index contributed by atoms with van der Waals surface area (Å²) < 4.78 is 15.9. The van der Waals surface area contributed by atoms with Gasteiger partial charge in [0.15, 0.2) is 4.80 Å². The smallest absolute Gasteiger partial charge is 0.279 e. The van der Waals surface area contributed by atoms with Gasteiger partial charge in [0.2, 0.25) is 0 Å². The van der Waals surface area contributed by atoms with Crippen LogP contribution in [0.5, 0.6) is 0 Å². The molecule has 1 heterocycles. The van der Waals surface area contributed by atoms with Crippen molar-refractivity contribution >= 4 is 27.5 Å². The molecule has 0 aliphatic heterocycles. The highest BCUT2D eigenvalue weighted by atomic mass is 32.1. The standard InChI is InChI=1S/C19H15FN2OS/c1-4-9-22-16-8-7-15(20)11-17(16)24-19(22)21-18(23)14-6-5-12(2)13(3)10-14/h1,5-8,10-11H,9H2,2-3H3. The first-order valence-electron chi connectivity index (χ1n) is 7.38. The molecule has 3 nitrogen and oxygen atoms in total. The summed E-state index contributed by atoms with van der Waals surface area (Å²) >= 11 is 1.25. The Bertz CT molecular complexity index is 1050. The number of carbonyl (C=O) groups excluding carboxylic acids is 1. The molecule has 2 aromatic carbocycles. The van der Waals surface area contributed by atoms with E-state index in [0.717, 1.165) is 16.6 Å². The first-order valence-corrected chi connectivity index (χ1v) is 8.20. The van der Waals surface area contributed by atoms with Crippen LogP contribution in [0.2, 0.25) is 0 Å². The minimum atomic E-state index is -0.337. The fraction of sp³-hybridized carbons (Fsp3) is 0.158. The maximum Gasteiger partial charge on any atom is 0.279 e. The lowest BCUT2D eigenvalue weighted by Gasteiger charge is -2.02. The van der Waals surface area contributed by atoms with Gasteiger partial charge in [-0.2, -0.15) is 4.99 Å². The van der Waals surface area contributed by atoms with E-state index in [9.17, 15) is 9.18 Å². The Morgan fingerprint density at radius 3 is 2.75 bits per heavy atom. The van der Waals surface area contributed by atoms with Crippen molar-refractivity contribution in [3.8, 4) is 12.3 Å². The molecule has 24 heavy (non-hydrogen) atoms. The predicted molar refractivity (Wildman–Crippen MR) is 94.4 cm³/mol. The molecular formula is C19H15FN2OS. The Morgan fingerprint density at radius 1 is 1.25 bits per heavy atom. The highest BCUT2D eigenvalue weighted by molar-refractivity contribution is 7.16. The molecule has 0 saturated heterocycles. The van der Waals surface area contributed by atoms with Gasteiger partial charge in [-0.05, 0) is 55.3 Å². The molecule has 0 atom stereocenters. The molecule has 0 bridgehead atoms.